The molecule has 0 radical (unpaired) electrons. The fourth-order valence-corrected chi connectivity index (χ4v) is 4.34. The summed E-state index contributed by atoms with van der Waals surface area (Å²) in [5, 5.41) is 9.23. The fraction of sp³-hybridized carbons (Fsp3) is 0.455. The number of anilines is 1. The Morgan fingerprint density at radius 1 is 1.16 bits per heavy atom. The Labute approximate surface area is 186 Å². The molecule has 1 aliphatic rings. The molecule has 31 heavy (non-hydrogen) atoms. The molecule has 1 fully saturated rings. The van der Waals surface area contributed by atoms with Gasteiger partial charge in [-0.3, -0.25) is 4.79 Å². The minimum Gasteiger partial charge on any atom is -0.378 e. The van der Waals surface area contributed by atoms with Crippen LogP contribution in [0.2, 0.25) is 0 Å². The first-order valence-electron chi connectivity index (χ1n) is 10.6. The van der Waals surface area contributed by atoms with Crippen LogP contribution < -0.4 is 10.2 Å². The number of hydrogen-bond donors (Lipinski definition) is 1. The summed E-state index contributed by atoms with van der Waals surface area (Å²) in [5.41, 5.74) is 3.64. The van der Waals surface area contributed by atoms with Crippen LogP contribution in [0.4, 0.5) is 5.82 Å². The average Bonchev–Trinajstić information content (AvgIpc) is 3.16. The first-order chi connectivity index (χ1) is 15.0. The lowest BCUT2D eigenvalue weighted by Gasteiger charge is -2.28. The molecule has 1 amide bonds. The van der Waals surface area contributed by atoms with E-state index in [0.717, 1.165) is 52.0 Å². The Morgan fingerprint density at radius 3 is 2.61 bits per heavy atom. The van der Waals surface area contributed by atoms with Gasteiger partial charge in [-0.2, -0.15) is 5.10 Å². The molecule has 2 aromatic heterocycles. The number of carbonyl (C=O) groups is 1. The Bertz CT molecular complexity index is 1060. The lowest BCUT2D eigenvalue weighted by Crippen LogP contribution is -2.37. The zero-order valence-corrected chi connectivity index (χ0v) is 19.0. The number of thioether (sulfide) groups is 1. The van der Waals surface area contributed by atoms with E-state index in [9.17, 15) is 4.79 Å². The molecule has 9 heteroatoms. The number of nitrogens with zero attached hydrogens (tertiary/aromatic N) is 5. The van der Waals surface area contributed by atoms with Gasteiger partial charge in [0.1, 0.15) is 5.82 Å². The van der Waals surface area contributed by atoms with Gasteiger partial charge in [-0.05, 0) is 31.7 Å². The van der Waals surface area contributed by atoms with Gasteiger partial charge in [0.25, 0.3) is 5.91 Å². The van der Waals surface area contributed by atoms with Crippen LogP contribution in [-0.4, -0.2) is 64.3 Å². The van der Waals surface area contributed by atoms with E-state index in [1.165, 1.54) is 0 Å². The summed E-state index contributed by atoms with van der Waals surface area (Å²) in [4.78, 5) is 24.3. The lowest BCUT2D eigenvalue weighted by atomic mass is 10.1. The number of aromatic nitrogens is 4. The second-order valence-electron chi connectivity index (χ2n) is 7.60. The van der Waals surface area contributed by atoms with Crippen molar-refractivity contribution in [2.45, 2.75) is 32.5 Å². The van der Waals surface area contributed by atoms with Crippen molar-refractivity contribution in [3.63, 3.8) is 0 Å². The Hall–Kier alpha value is -2.65. The van der Waals surface area contributed by atoms with E-state index in [-0.39, 0.29) is 5.91 Å². The van der Waals surface area contributed by atoms with Crippen molar-refractivity contribution >= 4 is 34.5 Å². The Balaban J connectivity index is 1.52. The van der Waals surface area contributed by atoms with Gasteiger partial charge in [-0.15, -0.1) is 0 Å². The summed E-state index contributed by atoms with van der Waals surface area (Å²) in [7, 11) is 0. The van der Waals surface area contributed by atoms with Crippen LogP contribution in [0.5, 0.6) is 0 Å². The molecular formula is C22H28N6O2S. The van der Waals surface area contributed by atoms with Gasteiger partial charge >= 0.3 is 0 Å². The third kappa shape index (κ3) is 4.99. The second-order valence-corrected chi connectivity index (χ2v) is 8.83. The lowest BCUT2D eigenvalue weighted by molar-refractivity contribution is 0.0952. The molecule has 1 aliphatic heterocycles. The SMILES string of the molecule is CCSc1nc(N2CCOCC2)c2cnn(CCNC(=O)c3cc(C)cc(C)c3)c2n1. The number of amides is 1. The van der Waals surface area contributed by atoms with Gasteiger partial charge in [0.2, 0.25) is 0 Å². The largest absolute Gasteiger partial charge is 0.378 e. The van der Waals surface area contributed by atoms with E-state index in [1.54, 1.807) is 11.8 Å². The van der Waals surface area contributed by atoms with Gasteiger partial charge < -0.3 is 15.0 Å². The van der Waals surface area contributed by atoms with E-state index < -0.39 is 0 Å². The van der Waals surface area contributed by atoms with Crippen molar-refractivity contribution in [3.8, 4) is 0 Å². The number of morpholine rings is 1. The number of ether oxygens (including phenoxy) is 1. The number of benzene rings is 1. The number of fused-ring (bicyclic) bond motifs is 1. The fourth-order valence-electron chi connectivity index (χ4n) is 3.78. The summed E-state index contributed by atoms with van der Waals surface area (Å²) >= 11 is 1.62. The van der Waals surface area contributed by atoms with Crippen molar-refractivity contribution in [3.05, 3.63) is 41.1 Å². The van der Waals surface area contributed by atoms with Gasteiger partial charge in [0.05, 0.1) is 31.3 Å². The van der Waals surface area contributed by atoms with Crippen LogP contribution in [0.25, 0.3) is 11.0 Å². The summed E-state index contributed by atoms with van der Waals surface area (Å²) in [6, 6.07) is 5.87. The summed E-state index contributed by atoms with van der Waals surface area (Å²) < 4.78 is 7.34. The van der Waals surface area contributed by atoms with Crippen LogP contribution in [0, 0.1) is 13.8 Å². The van der Waals surface area contributed by atoms with E-state index >= 15 is 0 Å². The molecule has 3 aromatic rings. The molecule has 0 aliphatic carbocycles. The molecule has 3 heterocycles. The number of rotatable bonds is 7. The van der Waals surface area contributed by atoms with Crippen molar-refractivity contribution in [2.75, 3.05) is 43.5 Å². The van der Waals surface area contributed by atoms with Crippen LogP contribution in [0.15, 0.2) is 29.6 Å². The second kappa shape index (κ2) is 9.65. The van der Waals surface area contributed by atoms with E-state index in [0.29, 0.717) is 31.9 Å². The van der Waals surface area contributed by atoms with E-state index in [4.69, 9.17) is 14.7 Å². The molecule has 0 saturated carbocycles. The van der Waals surface area contributed by atoms with Crippen LogP contribution in [-0.2, 0) is 11.3 Å². The van der Waals surface area contributed by atoms with Crippen molar-refractivity contribution in [1.82, 2.24) is 25.1 Å². The van der Waals surface area contributed by atoms with Crippen LogP contribution in [0.1, 0.15) is 28.4 Å². The van der Waals surface area contributed by atoms with E-state index in [1.807, 2.05) is 36.9 Å². The molecule has 1 saturated heterocycles. The maximum atomic E-state index is 12.6. The van der Waals surface area contributed by atoms with Crippen LogP contribution in [0.3, 0.4) is 0 Å². The average molecular weight is 441 g/mol. The summed E-state index contributed by atoms with van der Waals surface area (Å²) in [6.07, 6.45) is 1.83. The standard InChI is InChI=1S/C22H28N6O2S/c1-4-31-22-25-19(27-7-9-30-10-8-27)18-14-24-28(20(18)26-22)6-5-23-21(29)17-12-15(2)11-16(3)13-17/h11-14H,4-10H2,1-3H3,(H,23,29). The molecule has 0 atom stereocenters. The molecule has 8 nitrogen and oxygen atoms in total. The maximum absolute atomic E-state index is 12.6. The number of nitrogens with one attached hydrogen (secondary N) is 1. The molecular weight excluding hydrogens is 412 g/mol. The molecule has 1 N–H and O–H groups in total. The topological polar surface area (TPSA) is 85.2 Å². The highest BCUT2D eigenvalue weighted by Crippen LogP contribution is 2.27. The predicted octanol–water partition coefficient (Wildman–Crippen LogP) is 2.82. The highest BCUT2D eigenvalue weighted by Gasteiger charge is 2.20. The summed E-state index contributed by atoms with van der Waals surface area (Å²) in [6.45, 7) is 10.1. The molecule has 1 aromatic carbocycles. The van der Waals surface area contributed by atoms with Gasteiger partial charge in [-0.1, -0.05) is 35.9 Å². The smallest absolute Gasteiger partial charge is 0.251 e. The first-order valence-corrected chi connectivity index (χ1v) is 11.6. The number of carbonyl (C=O) groups excluding carboxylic acids is 1. The third-order valence-electron chi connectivity index (χ3n) is 5.13. The van der Waals surface area contributed by atoms with Gasteiger partial charge in [0, 0.05) is 25.2 Å². The van der Waals surface area contributed by atoms with Gasteiger partial charge in [-0.25, -0.2) is 14.6 Å². The zero-order chi connectivity index (χ0) is 21.8. The normalized spacial score (nSPS) is 14.2. The molecule has 0 bridgehead atoms. The van der Waals surface area contributed by atoms with Crippen molar-refractivity contribution < 1.29 is 9.53 Å². The van der Waals surface area contributed by atoms with Gasteiger partial charge in [0.15, 0.2) is 10.8 Å². The zero-order valence-electron chi connectivity index (χ0n) is 18.2. The molecule has 0 unspecified atom stereocenters. The highest BCUT2D eigenvalue weighted by molar-refractivity contribution is 7.99. The monoisotopic (exact) mass is 440 g/mol. The molecule has 4 rings (SSSR count). The summed E-state index contributed by atoms with van der Waals surface area (Å²) in [5.74, 6) is 1.73. The Morgan fingerprint density at radius 2 is 1.90 bits per heavy atom. The Kier molecular flexibility index (Phi) is 6.72. The first kappa shape index (κ1) is 21.6. The maximum Gasteiger partial charge on any atom is 0.251 e. The quantitative estimate of drug-likeness (QED) is 0.447. The van der Waals surface area contributed by atoms with Crippen molar-refractivity contribution in [2.24, 2.45) is 0 Å². The van der Waals surface area contributed by atoms with E-state index in [2.05, 4.69) is 28.3 Å². The highest BCUT2D eigenvalue weighted by atomic mass is 32.2. The third-order valence-corrected chi connectivity index (χ3v) is 5.86. The number of hydrogen-bond acceptors (Lipinski definition) is 7. The van der Waals surface area contributed by atoms with Crippen LogP contribution >= 0.6 is 11.8 Å². The molecule has 0 spiro atoms. The minimum atomic E-state index is -0.0749. The number of aryl methyl sites for hydroxylation is 2. The predicted molar refractivity (Wildman–Crippen MR) is 123 cm³/mol. The minimum absolute atomic E-state index is 0.0749. The van der Waals surface area contributed by atoms with Crippen molar-refractivity contribution in [1.29, 1.82) is 0 Å². The molecule has 164 valence electrons.